The van der Waals surface area contributed by atoms with Gasteiger partial charge < -0.3 is 4.42 Å². The molecule has 0 amide bonds. The van der Waals surface area contributed by atoms with Crippen molar-refractivity contribution in [3.8, 4) is 0 Å². The lowest BCUT2D eigenvalue weighted by Gasteiger charge is -2.31. The van der Waals surface area contributed by atoms with Gasteiger partial charge in [-0.2, -0.15) is 0 Å². The Hall–Kier alpha value is -3.24. The molecule has 0 spiro atoms. The zero-order chi connectivity index (χ0) is 24.7. The molecule has 5 heteroatoms. The van der Waals surface area contributed by atoms with E-state index in [-0.39, 0.29) is 16.6 Å². The van der Waals surface area contributed by atoms with E-state index in [0.717, 1.165) is 27.5 Å². The molecule has 174 valence electrons. The van der Waals surface area contributed by atoms with Gasteiger partial charge in [0.15, 0.2) is 11.5 Å². The lowest BCUT2D eigenvalue weighted by Crippen LogP contribution is -2.28. The fourth-order valence-electron chi connectivity index (χ4n) is 3.93. The molecular weight excluding hydrogens is 444 g/mol. The highest BCUT2D eigenvalue weighted by molar-refractivity contribution is 6.32. The van der Waals surface area contributed by atoms with Crippen LogP contribution in [0.5, 0.6) is 0 Å². The van der Waals surface area contributed by atoms with Gasteiger partial charge in [-0.1, -0.05) is 89.5 Å². The molecule has 0 aliphatic heterocycles. The molecule has 1 aliphatic rings. The van der Waals surface area contributed by atoms with E-state index in [9.17, 15) is 4.79 Å². The second kappa shape index (κ2) is 8.84. The van der Waals surface area contributed by atoms with Crippen molar-refractivity contribution in [1.29, 1.82) is 0 Å². The van der Waals surface area contributed by atoms with Crippen LogP contribution in [-0.4, -0.2) is 5.78 Å². The van der Waals surface area contributed by atoms with Gasteiger partial charge in [0.2, 0.25) is 0 Å². The smallest absolute Gasteiger partial charge is 0.186 e. The molecular formula is C29H29ClN2O2. The van der Waals surface area contributed by atoms with E-state index in [1.807, 2.05) is 96.2 Å². The van der Waals surface area contributed by atoms with Gasteiger partial charge in [0.1, 0.15) is 11.4 Å². The summed E-state index contributed by atoms with van der Waals surface area (Å²) in [7, 11) is 0. The lowest BCUT2D eigenvalue weighted by atomic mass is 9.71. The topological polar surface area (TPSA) is 54.9 Å². The Labute approximate surface area is 205 Å². The minimum Gasteiger partial charge on any atom is -0.461 e. The van der Waals surface area contributed by atoms with E-state index in [4.69, 9.17) is 16.0 Å². The molecule has 3 aromatic rings. The quantitative estimate of drug-likeness (QED) is 0.357. The number of hydrogen-bond acceptors (Lipinski definition) is 4. The lowest BCUT2D eigenvalue weighted by molar-refractivity contribution is -0.114. The maximum Gasteiger partial charge on any atom is 0.186 e. The van der Waals surface area contributed by atoms with Crippen LogP contribution in [0.4, 0.5) is 5.69 Å². The molecule has 0 atom stereocenters. The Morgan fingerprint density at radius 3 is 2.06 bits per heavy atom. The standard InChI is InChI=1S/C29H29ClN2O2/c1-28(2,3)21-15-19(16-22(26(21)33)29(4,5)6)25(32-31-24-14-10-9-13-23(24)30)27-20-12-8-7-11-18(20)17-34-27/h7-17H,1-6H3. The maximum absolute atomic E-state index is 13.5. The van der Waals surface area contributed by atoms with Crippen molar-refractivity contribution in [1.82, 2.24) is 0 Å². The summed E-state index contributed by atoms with van der Waals surface area (Å²) < 4.78 is 6.03. The fraction of sp³-hybridized carbons (Fsp3) is 0.276. The van der Waals surface area contributed by atoms with Crippen molar-refractivity contribution in [3.63, 3.8) is 0 Å². The second-order valence-corrected chi connectivity index (χ2v) is 11.0. The molecule has 34 heavy (non-hydrogen) atoms. The first kappa shape index (κ1) is 23.9. The number of fused-ring (bicyclic) bond motifs is 1. The summed E-state index contributed by atoms with van der Waals surface area (Å²) in [4.78, 5) is 13.5. The first-order valence-corrected chi connectivity index (χ1v) is 11.7. The van der Waals surface area contributed by atoms with Crippen molar-refractivity contribution in [2.75, 3.05) is 0 Å². The Morgan fingerprint density at radius 2 is 1.44 bits per heavy atom. The van der Waals surface area contributed by atoms with Gasteiger partial charge in [-0.3, -0.25) is 4.79 Å². The van der Waals surface area contributed by atoms with Crippen LogP contribution in [0, 0.1) is 10.8 Å². The number of allylic oxidation sites excluding steroid dienone is 5. The molecule has 0 saturated carbocycles. The number of furan rings is 1. The highest BCUT2D eigenvalue weighted by atomic mass is 35.5. The average molecular weight is 473 g/mol. The molecule has 0 unspecified atom stereocenters. The molecule has 0 fully saturated rings. The number of rotatable bonds is 3. The number of carbonyl (C=O) groups is 1. The third-order valence-electron chi connectivity index (χ3n) is 5.81. The molecule has 0 bridgehead atoms. The third-order valence-corrected chi connectivity index (χ3v) is 6.13. The molecule has 4 rings (SSSR count). The average Bonchev–Trinajstić information content (AvgIpc) is 3.18. The molecule has 1 heterocycles. The van der Waals surface area contributed by atoms with Crippen molar-refractivity contribution >= 4 is 39.5 Å². The van der Waals surface area contributed by atoms with Gasteiger partial charge >= 0.3 is 0 Å². The zero-order valence-electron chi connectivity index (χ0n) is 20.4. The van der Waals surface area contributed by atoms with Gasteiger partial charge in [0.05, 0.1) is 11.3 Å². The van der Waals surface area contributed by atoms with E-state index in [1.165, 1.54) is 0 Å². The number of nitrogens with zero attached hydrogens (tertiary/aromatic N) is 2. The summed E-state index contributed by atoms with van der Waals surface area (Å²) in [5.41, 5.74) is 2.67. The minimum absolute atomic E-state index is 0.0652. The summed E-state index contributed by atoms with van der Waals surface area (Å²) in [6.07, 6.45) is 5.57. The number of ketones is 1. The number of carbonyl (C=O) groups excluding carboxylic acids is 1. The highest BCUT2D eigenvalue weighted by Gasteiger charge is 2.35. The van der Waals surface area contributed by atoms with Crippen LogP contribution in [0.2, 0.25) is 5.02 Å². The van der Waals surface area contributed by atoms with E-state index >= 15 is 0 Å². The van der Waals surface area contributed by atoms with Crippen LogP contribution in [0.15, 0.2) is 98.3 Å². The number of hydrogen-bond donors (Lipinski definition) is 0. The van der Waals surface area contributed by atoms with Crippen molar-refractivity contribution < 1.29 is 9.21 Å². The third kappa shape index (κ3) is 4.69. The second-order valence-electron chi connectivity index (χ2n) is 10.6. The predicted octanol–water partition coefficient (Wildman–Crippen LogP) is 9.11. The number of halogens is 1. The SMILES string of the molecule is CC(C)(C)C1=CC(=C(N=Nc2ccccc2Cl)c2occ3ccccc23)C=C(C(C)(C)C)C1=O. The Morgan fingerprint density at radius 1 is 0.853 bits per heavy atom. The normalized spacial score (nSPS) is 15.1. The van der Waals surface area contributed by atoms with E-state index < -0.39 is 0 Å². The first-order valence-electron chi connectivity index (χ1n) is 11.3. The number of benzene rings is 2. The summed E-state index contributed by atoms with van der Waals surface area (Å²) in [6.45, 7) is 12.3. The summed E-state index contributed by atoms with van der Waals surface area (Å²) >= 11 is 6.34. The molecule has 0 radical (unpaired) electrons. The monoisotopic (exact) mass is 472 g/mol. The predicted molar refractivity (Wildman–Crippen MR) is 139 cm³/mol. The van der Waals surface area contributed by atoms with Gasteiger partial charge in [-0.25, -0.2) is 0 Å². The van der Waals surface area contributed by atoms with E-state index in [1.54, 1.807) is 12.3 Å². The van der Waals surface area contributed by atoms with Crippen LogP contribution < -0.4 is 0 Å². The van der Waals surface area contributed by atoms with Crippen LogP contribution in [0.3, 0.4) is 0 Å². The van der Waals surface area contributed by atoms with Gasteiger partial charge in [0, 0.05) is 27.5 Å². The highest BCUT2D eigenvalue weighted by Crippen LogP contribution is 2.42. The number of Topliss-reactive ketones (excluding diaryl/α,β-unsaturated/α-hetero) is 1. The molecule has 1 aliphatic carbocycles. The Bertz CT molecular complexity index is 1350. The first-order chi connectivity index (χ1) is 16.0. The molecule has 4 nitrogen and oxygen atoms in total. The van der Waals surface area contributed by atoms with Crippen LogP contribution in [-0.2, 0) is 4.79 Å². The summed E-state index contributed by atoms with van der Waals surface area (Å²) in [5, 5.41) is 11.5. The number of azo groups is 1. The Balaban J connectivity index is 2.03. The van der Waals surface area contributed by atoms with Crippen molar-refractivity contribution in [3.05, 3.63) is 94.4 Å². The maximum atomic E-state index is 13.5. The fourth-order valence-corrected chi connectivity index (χ4v) is 4.10. The van der Waals surface area contributed by atoms with Crippen molar-refractivity contribution in [2.24, 2.45) is 21.1 Å². The Kier molecular flexibility index (Phi) is 6.22. The summed E-state index contributed by atoms with van der Waals surface area (Å²) in [6, 6.07) is 15.2. The van der Waals surface area contributed by atoms with Gasteiger partial charge in [-0.15, -0.1) is 10.2 Å². The molecule has 2 aromatic carbocycles. The largest absolute Gasteiger partial charge is 0.461 e. The van der Waals surface area contributed by atoms with Crippen LogP contribution >= 0.6 is 11.6 Å². The minimum atomic E-state index is -0.344. The van der Waals surface area contributed by atoms with Crippen molar-refractivity contribution in [2.45, 2.75) is 41.5 Å². The summed E-state index contributed by atoms with van der Waals surface area (Å²) in [5.74, 6) is 0.667. The molecule has 1 aromatic heterocycles. The van der Waals surface area contributed by atoms with E-state index in [0.29, 0.717) is 22.2 Å². The van der Waals surface area contributed by atoms with Crippen LogP contribution in [0.1, 0.15) is 47.3 Å². The van der Waals surface area contributed by atoms with Gasteiger partial charge in [-0.05, 0) is 35.1 Å². The molecule has 0 N–H and O–H groups in total. The van der Waals surface area contributed by atoms with E-state index in [2.05, 4.69) is 10.2 Å². The van der Waals surface area contributed by atoms with Gasteiger partial charge in [0.25, 0.3) is 0 Å². The zero-order valence-corrected chi connectivity index (χ0v) is 21.2. The molecule has 0 saturated heterocycles. The van der Waals surface area contributed by atoms with Crippen LogP contribution in [0.25, 0.3) is 16.5 Å².